The van der Waals surface area contributed by atoms with Crippen LogP contribution in [-0.4, -0.2) is 17.2 Å². The zero-order valence-corrected chi connectivity index (χ0v) is 10.7. The van der Waals surface area contributed by atoms with E-state index >= 15 is 0 Å². The fourth-order valence-corrected chi connectivity index (χ4v) is 1.66. The summed E-state index contributed by atoms with van der Waals surface area (Å²) in [5.41, 5.74) is 3.59. The molecule has 0 aliphatic carbocycles. The Morgan fingerprint density at radius 1 is 1.40 bits per heavy atom. The Morgan fingerprint density at radius 3 is 2.95 bits per heavy atom. The van der Waals surface area contributed by atoms with E-state index in [9.17, 15) is 9.90 Å². The van der Waals surface area contributed by atoms with Gasteiger partial charge in [-0.1, -0.05) is 18.2 Å². The minimum atomic E-state index is -0.451. The largest absolute Gasteiger partial charge is 0.507 e. The van der Waals surface area contributed by atoms with Crippen molar-refractivity contribution in [2.24, 2.45) is 5.10 Å². The zero-order chi connectivity index (χ0) is 14.4. The van der Waals surface area contributed by atoms with Crippen LogP contribution in [0.15, 0.2) is 58.8 Å². The Kier molecular flexibility index (Phi) is 4.34. The maximum absolute atomic E-state index is 11.6. The Bertz CT molecular complexity index is 631. The normalized spacial score (nSPS) is 10.6. The minimum absolute atomic E-state index is 0.128. The van der Waals surface area contributed by atoms with Gasteiger partial charge in [0.1, 0.15) is 5.75 Å². The summed E-state index contributed by atoms with van der Waals surface area (Å²) >= 11 is 0. The molecule has 0 bridgehead atoms. The van der Waals surface area contributed by atoms with E-state index in [0.29, 0.717) is 12.0 Å². The number of amides is 1. The summed E-state index contributed by atoms with van der Waals surface area (Å²) in [4.78, 5) is 11.6. The Morgan fingerprint density at radius 2 is 2.25 bits per heavy atom. The van der Waals surface area contributed by atoms with Crippen LogP contribution >= 0.6 is 0 Å². The van der Waals surface area contributed by atoms with Crippen molar-refractivity contribution in [3.8, 4) is 5.75 Å². The number of phenols is 1. The van der Waals surface area contributed by atoms with E-state index in [2.05, 4.69) is 17.1 Å². The lowest BCUT2D eigenvalue weighted by molar-refractivity contribution is 0.0927. The quantitative estimate of drug-likeness (QED) is 0.498. The second-order valence-corrected chi connectivity index (χ2v) is 4.02. The lowest BCUT2D eigenvalue weighted by Gasteiger charge is -2.04. The molecule has 1 heterocycles. The van der Waals surface area contributed by atoms with E-state index in [1.807, 2.05) is 0 Å². The molecule has 0 atom stereocenters. The first kappa shape index (κ1) is 13.6. The summed E-state index contributed by atoms with van der Waals surface area (Å²) in [7, 11) is 0. The molecule has 0 unspecified atom stereocenters. The molecule has 0 fully saturated rings. The topological polar surface area (TPSA) is 74.8 Å². The van der Waals surface area contributed by atoms with Gasteiger partial charge in [0.2, 0.25) is 0 Å². The molecule has 2 aromatic rings. The number of benzene rings is 1. The number of para-hydroxylation sites is 1. The number of phenolic OH excluding ortho intramolecular Hbond substituents is 1. The molecular formula is C15H14N2O3. The van der Waals surface area contributed by atoms with Gasteiger partial charge in [0.25, 0.3) is 0 Å². The van der Waals surface area contributed by atoms with Crippen LogP contribution in [0.25, 0.3) is 0 Å². The molecule has 2 N–H and O–H groups in total. The standard InChI is InChI=1S/C15H14N2O3/c1-2-5-11-6-3-7-12(14(11)18)10-16-17-15(19)13-8-4-9-20-13/h2-4,6-10,18H,1,5H2,(H,17,19). The number of rotatable bonds is 5. The van der Waals surface area contributed by atoms with E-state index in [-0.39, 0.29) is 11.5 Å². The van der Waals surface area contributed by atoms with E-state index in [4.69, 9.17) is 4.42 Å². The number of hydrazone groups is 1. The third-order valence-electron chi connectivity index (χ3n) is 2.63. The van der Waals surface area contributed by atoms with Crippen molar-refractivity contribution in [2.45, 2.75) is 6.42 Å². The molecule has 1 aromatic heterocycles. The van der Waals surface area contributed by atoms with Crippen LogP contribution in [0.1, 0.15) is 21.7 Å². The number of allylic oxidation sites excluding steroid dienone is 1. The molecule has 5 nitrogen and oxygen atoms in total. The number of hydrogen-bond acceptors (Lipinski definition) is 4. The lowest BCUT2D eigenvalue weighted by Crippen LogP contribution is -2.16. The summed E-state index contributed by atoms with van der Waals surface area (Å²) in [6.45, 7) is 3.63. The van der Waals surface area contributed by atoms with Gasteiger partial charge in [0.15, 0.2) is 5.76 Å². The molecule has 102 valence electrons. The fourth-order valence-electron chi connectivity index (χ4n) is 1.66. The van der Waals surface area contributed by atoms with Gasteiger partial charge >= 0.3 is 5.91 Å². The number of carbonyl (C=O) groups excluding carboxylic acids is 1. The number of nitrogens with zero attached hydrogens (tertiary/aromatic N) is 1. The van der Waals surface area contributed by atoms with Gasteiger partial charge in [-0.2, -0.15) is 5.10 Å². The second kappa shape index (κ2) is 6.38. The molecule has 5 heteroatoms. The molecule has 0 aliphatic rings. The highest BCUT2D eigenvalue weighted by molar-refractivity contribution is 5.92. The predicted molar refractivity (Wildman–Crippen MR) is 75.8 cm³/mol. The van der Waals surface area contributed by atoms with Crippen LogP contribution < -0.4 is 5.43 Å². The number of aromatic hydroxyl groups is 1. The van der Waals surface area contributed by atoms with Gasteiger partial charge in [-0.15, -0.1) is 6.58 Å². The Balaban J connectivity index is 2.06. The van der Waals surface area contributed by atoms with Gasteiger partial charge in [-0.05, 0) is 30.2 Å². The number of carbonyl (C=O) groups is 1. The van der Waals surface area contributed by atoms with Crippen molar-refractivity contribution in [1.82, 2.24) is 5.43 Å². The van der Waals surface area contributed by atoms with Gasteiger partial charge in [-0.3, -0.25) is 4.79 Å². The van der Waals surface area contributed by atoms with Crippen molar-refractivity contribution >= 4 is 12.1 Å². The summed E-state index contributed by atoms with van der Waals surface area (Å²) in [6, 6.07) is 8.45. The lowest BCUT2D eigenvalue weighted by atomic mass is 10.1. The first-order valence-corrected chi connectivity index (χ1v) is 6.01. The van der Waals surface area contributed by atoms with E-state index in [1.165, 1.54) is 18.5 Å². The SMILES string of the molecule is C=CCc1cccc(C=NNC(=O)c2ccco2)c1O. The molecule has 0 spiro atoms. The highest BCUT2D eigenvalue weighted by Crippen LogP contribution is 2.21. The average Bonchev–Trinajstić information content (AvgIpc) is 2.97. The summed E-state index contributed by atoms with van der Waals surface area (Å²) in [5.74, 6) is -0.150. The van der Waals surface area contributed by atoms with Crippen LogP contribution in [0.3, 0.4) is 0 Å². The van der Waals surface area contributed by atoms with Crippen molar-refractivity contribution in [1.29, 1.82) is 0 Å². The number of hydrogen-bond donors (Lipinski definition) is 2. The highest BCUT2D eigenvalue weighted by atomic mass is 16.3. The minimum Gasteiger partial charge on any atom is -0.507 e. The maximum Gasteiger partial charge on any atom is 0.307 e. The molecule has 20 heavy (non-hydrogen) atoms. The summed E-state index contributed by atoms with van der Waals surface area (Å²) in [5, 5.41) is 13.8. The third kappa shape index (κ3) is 3.14. The molecule has 0 saturated heterocycles. The first-order chi connectivity index (χ1) is 9.72. The number of nitrogens with one attached hydrogen (secondary N) is 1. The van der Waals surface area contributed by atoms with Gasteiger partial charge in [0.05, 0.1) is 12.5 Å². The molecule has 1 aromatic carbocycles. The third-order valence-corrected chi connectivity index (χ3v) is 2.63. The monoisotopic (exact) mass is 270 g/mol. The first-order valence-electron chi connectivity index (χ1n) is 6.01. The maximum atomic E-state index is 11.6. The van der Waals surface area contributed by atoms with Crippen LogP contribution in [0.2, 0.25) is 0 Å². The number of furan rings is 1. The molecule has 0 aliphatic heterocycles. The summed E-state index contributed by atoms with van der Waals surface area (Å²) < 4.78 is 4.93. The van der Waals surface area contributed by atoms with E-state index in [1.54, 1.807) is 30.3 Å². The van der Waals surface area contributed by atoms with Gasteiger partial charge < -0.3 is 9.52 Å². The highest BCUT2D eigenvalue weighted by Gasteiger charge is 2.07. The average molecular weight is 270 g/mol. The predicted octanol–water partition coefficient (Wildman–Crippen LogP) is 2.48. The van der Waals surface area contributed by atoms with Crippen LogP contribution in [0.5, 0.6) is 5.75 Å². The van der Waals surface area contributed by atoms with Crippen LogP contribution in [0.4, 0.5) is 0 Å². The van der Waals surface area contributed by atoms with Crippen LogP contribution in [-0.2, 0) is 6.42 Å². The van der Waals surface area contributed by atoms with E-state index in [0.717, 1.165) is 5.56 Å². The van der Waals surface area contributed by atoms with Crippen LogP contribution in [0, 0.1) is 0 Å². The van der Waals surface area contributed by atoms with E-state index < -0.39 is 5.91 Å². The van der Waals surface area contributed by atoms with Gasteiger partial charge in [0, 0.05) is 5.56 Å². The molecule has 2 rings (SSSR count). The fraction of sp³-hybridized carbons (Fsp3) is 0.0667. The Hall–Kier alpha value is -2.82. The molecule has 0 radical (unpaired) electrons. The van der Waals surface area contributed by atoms with Crippen molar-refractivity contribution < 1.29 is 14.3 Å². The van der Waals surface area contributed by atoms with Crippen molar-refractivity contribution in [2.75, 3.05) is 0 Å². The van der Waals surface area contributed by atoms with Crippen molar-refractivity contribution in [3.05, 3.63) is 66.1 Å². The zero-order valence-electron chi connectivity index (χ0n) is 10.7. The van der Waals surface area contributed by atoms with Crippen molar-refractivity contribution in [3.63, 3.8) is 0 Å². The van der Waals surface area contributed by atoms with Gasteiger partial charge in [-0.25, -0.2) is 5.43 Å². The Labute approximate surface area is 116 Å². The summed E-state index contributed by atoms with van der Waals surface area (Å²) in [6.07, 6.45) is 5.05. The molecule has 0 saturated carbocycles. The smallest absolute Gasteiger partial charge is 0.307 e. The molecule has 1 amide bonds. The molecular weight excluding hydrogens is 256 g/mol. The second-order valence-electron chi connectivity index (χ2n) is 4.02.